The Hall–Kier alpha value is -4.96. The average molecular weight is 583 g/mol. The molecule has 3 rings (SSSR count). The third-order valence-corrected chi connectivity index (χ3v) is 5.69. The molecular weight excluding hydrogens is 564 g/mol. The van der Waals surface area contributed by atoms with Gasteiger partial charge in [-0.15, -0.1) is 0 Å². The number of benzene rings is 3. The van der Waals surface area contributed by atoms with Crippen LogP contribution in [0.25, 0.3) is 6.08 Å². The largest absolute Gasteiger partial charge is 0.495 e. The van der Waals surface area contributed by atoms with Gasteiger partial charge in [-0.3, -0.25) is 25.0 Å². The quantitative estimate of drug-likeness (QED) is 0.142. The number of anilines is 1. The van der Waals surface area contributed by atoms with Gasteiger partial charge in [0.15, 0.2) is 11.5 Å². The molecule has 0 saturated heterocycles. The summed E-state index contributed by atoms with van der Waals surface area (Å²) in [6.07, 6.45) is 1.31. The van der Waals surface area contributed by atoms with E-state index in [-0.39, 0.29) is 35.0 Å². The fraction of sp³-hybridized carbons (Fsp3) is 0.120. The van der Waals surface area contributed by atoms with Crippen LogP contribution in [0, 0.1) is 31.6 Å². The molecule has 38 heavy (non-hydrogen) atoms. The number of nitrogens with one attached hydrogen (secondary N) is 1. The summed E-state index contributed by atoms with van der Waals surface area (Å²) in [6.45, 7) is 0.0963. The molecule has 12 nitrogen and oxygen atoms in total. The molecule has 1 amide bonds. The van der Waals surface area contributed by atoms with Crippen LogP contribution in [-0.2, 0) is 11.4 Å². The zero-order valence-electron chi connectivity index (χ0n) is 20.0. The summed E-state index contributed by atoms with van der Waals surface area (Å²) in [4.78, 5) is 33.6. The van der Waals surface area contributed by atoms with Crippen LogP contribution < -0.4 is 19.5 Å². The molecule has 1 N–H and O–H groups in total. The van der Waals surface area contributed by atoms with Crippen molar-refractivity contribution in [2.24, 2.45) is 0 Å². The highest BCUT2D eigenvalue weighted by Gasteiger charge is 2.18. The zero-order chi connectivity index (χ0) is 27.8. The summed E-state index contributed by atoms with van der Waals surface area (Å²) < 4.78 is 16.8. The molecule has 0 spiro atoms. The first-order valence-corrected chi connectivity index (χ1v) is 11.4. The van der Waals surface area contributed by atoms with Gasteiger partial charge >= 0.3 is 0 Å². The van der Waals surface area contributed by atoms with Crippen LogP contribution in [-0.4, -0.2) is 30.0 Å². The lowest BCUT2D eigenvalue weighted by Gasteiger charge is -2.14. The predicted octanol–water partition coefficient (Wildman–Crippen LogP) is 5.41. The molecule has 194 valence electrons. The molecule has 13 heteroatoms. The van der Waals surface area contributed by atoms with Gasteiger partial charge in [0.2, 0.25) is 0 Å². The van der Waals surface area contributed by atoms with Gasteiger partial charge in [-0.25, -0.2) is 0 Å². The first-order chi connectivity index (χ1) is 18.2. The third kappa shape index (κ3) is 6.62. The molecule has 0 aromatic heterocycles. The summed E-state index contributed by atoms with van der Waals surface area (Å²) >= 11 is 3.40. The van der Waals surface area contributed by atoms with Crippen LogP contribution in [0.5, 0.6) is 17.2 Å². The molecule has 3 aromatic rings. The van der Waals surface area contributed by atoms with Crippen molar-refractivity contribution in [2.75, 3.05) is 19.5 Å². The summed E-state index contributed by atoms with van der Waals surface area (Å²) in [5.41, 5.74) is 0.558. The Bertz CT molecular complexity index is 1470. The summed E-state index contributed by atoms with van der Waals surface area (Å²) in [5.74, 6) is 0.0120. The van der Waals surface area contributed by atoms with Crippen LogP contribution >= 0.6 is 15.9 Å². The second-order valence-electron chi connectivity index (χ2n) is 7.51. The molecule has 0 aliphatic heterocycles. The van der Waals surface area contributed by atoms with Crippen molar-refractivity contribution in [1.82, 2.24) is 0 Å². The number of methoxy groups -OCH3 is 2. The molecule has 0 atom stereocenters. The lowest BCUT2D eigenvalue weighted by Crippen LogP contribution is -2.14. The number of rotatable bonds is 10. The van der Waals surface area contributed by atoms with Crippen molar-refractivity contribution in [3.05, 3.63) is 96.0 Å². The number of hydrogen-bond donors (Lipinski definition) is 1. The zero-order valence-corrected chi connectivity index (χ0v) is 21.6. The first-order valence-electron chi connectivity index (χ1n) is 10.7. The Balaban J connectivity index is 1.83. The average Bonchev–Trinajstić information content (AvgIpc) is 2.90. The Labute approximate surface area is 224 Å². The second kappa shape index (κ2) is 12.3. The molecule has 0 heterocycles. The lowest BCUT2D eigenvalue weighted by atomic mass is 10.1. The predicted molar refractivity (Wildman–Crippen MR) is 140 cm³/mol. The molecule has 0 saturated carbocycles. The van der Waals surface area contributed by atoms with Crippen molar-refractivity contribution in [3.63, 3.8) is 0 Å². The van der Waals surface area contributed by atoms with Crippen molar-refractivity contribution in [3.8, 4) is 23.3 Å². The van der Waals surface area contributed by atoms with Gasteiger partial charge in [-0.1, -0.05) is 0 Å². The number of amides is 1. The highest BCUT2D eigenvalue weighted by Crippen LogP contribution is 2.38. The maximum atomic E-state index is 12.8. The van der Waals surface area contributed by atoms with E-state index in [1.54, 1.807) is 24.3 Å². The van der Waals surface area contributed by atoms with E-state index in [2.05, 4.69) is 21.2 Å². The van der Waals surface area contributed by atoms with E-state index in [0.29, 0.717) is 27.1 Å². The topological polar surface area (TPSA) is 167 Å². The number of nitro groups is 2. The normalized spacial score (nSPS) is 10.7. The van der Waals surface area contributed by atoms with Gasteiger partial charge in [0.25, 0.3) is 17.3 Å². The summed E-state index contributed by atoms with van der Waals surface area (Å²) in [5, 5.41) is 34.0. The minimum Gasteiger partial charge on any atom is -0.495 e. The van der Waals surface area contributed by atoms with Crippen LogP contribution in [0.15, 0.2) is 64.6 Å². The van der Waals surface area contributed by atoms with Crippen molar-refractivity contribution < 1.29 is 28.9 Å². The lowest BCUT2D eigenvalue weighted by molar-refractivity contribution is -0.385. The highest BCUT2D eigenvalue weighted by molar-refractivity contribution is 9.10. The number of hydrogen-bond acceptors (Lipinski definition) is 9. The van der Waals surface area contributed by atoms with Crippen LogP contribution in [0.3, 0.4) is 0 Å². The fourth-order valence-electron chi connectivity index (χ4n) is 3.24. The highest BCUT2D eigenvalue weighted by atomic mass is 79.9. The first kappa shape index (κ1) is 27.6. The van der Waals surface area contributed by atoms with Crippen molar-refractivity contribution in [2.45, 2.75) is 6.61 Å². The Morgan fingerprint density at radius 1 is 1.00 bits per heavy atom. The number of non-ortho nitro benzene ring substituents is 2. The number of carbonyl (C=O) groups is 1. The van der Waals surface area contributed by atoms with Gasteiger partial charge < -0.3 is 19.5 Å². The van der Waals surface area contributed by atoms with E-state index in [1.807, 2.05) is 6.07 Å². The maximum absolute atomic E-state index is 12.8. The van der Waals surface area contributed by atoms with Crippen LogP contribution in [0.1, 0.15) is 11.1 Å². The number of ether oxygens (including phenoxy) is 3. The van der Waals surface area contributed by atoms with Gasteiger partial charge in [0, 0.05) is 24.3 Å². The summed E-state index contributed by atoms with van der Waals surface area (Å²) in [6, 6.07) is 14.5. The van der Waals surface area contributed by atoms with E-state index >= 15 is 0 Å². The molecule has 3 aromatic carbocycles. The molecular formula is C25H19BrN4O8. The van der Waals surface area contributed by atoms with Gasteiger partial charge in [0.05, 0.1) is 34.2 Å². The number of nitriles is 1. The monoisotopic (exact) mass is 582 g/mol. The fourth-order valence-corrected chi connectivity index (χ4v) is 3.82. The van der Waals surface area contributed by atoms with E-state index in [1.165, 1.54) is 44.6 Å². The maximum Gasteiger partial charge on any atom is 0.271 e. The molecule has 0 unspecified atom stereocenters. The van der Waals surface area contributed by atoms with Gasteiger partial charge in [-0.2, -0.15) is 5.26 Å². The SMILES string of the molecule is COc1ccc([N+](=O)[O-])cc1NC(=O)/C(C#N)=C/c1cc(Br)c(OCc2ccc([N+](=O)[O-])cc2)c(OC)c1. The second-order valence-corrected chi connectivity index (χ2v) is 8.37. The molecule has 0 bridgehead atoms. The summed E-state index contributed by atoms with van der Waals surface area (Å²) in [7, 11) is 2.76. The van der Waals surface area contributed by atoms with E-state index < -0.39 is 15.8 Å². The smallest absolute Gasteiger partial charge is 0.271 e. The van der Waals surface area contributed by atoms with E-state index in [9.17, 15) is 30.3 Å². The number of nitrogens with zero attached hydrogens (tertiary/aromatic N) is 3. The van der Waals surface area contributed by atoms with Crippen LogP contribution in [0.2, 0.25) is 0 Å². The third-order valence-electron chi connectivity index (χ3n) is 5.10. The minimum atomic E-state index is -0.806. The van der Waals surface area contributed by atoms with Crippen LogP contribution in [0.4, 0.5) is 17.1 Å². The number of nitro benzene ring substituents is 2. The number of halogens is 1. The molecule has 0 radical (unpaired) electrons. The standard InChI is InChI=1S/C25H19BrN4O8/c1-36-22-8-7-19(30(34)35)12-21(22)28-25(31)17(13-27)9-16-10-20(26)24(23(11-16)37-2)38-14-15-3-5-18(6-4-15)29(32)33/h3-12H,14H2,1-2H3,(H,28,31)/b17-9+. The Kier molecular flexibility index (Phi) is 8.96. The molecule has 0 aliphatic carbocycles. The van der Waals surface area contributed by atoms with Gasteiger partial charge in [-0.05, 0) is 63.5 Å². The molecule has 0 fully saturated rings. The van der Waals surface area contributed by atoms with Crippen molar-refractivity contribution in [1.29, 1.82) is 5.26 Å². The number of carbonyl (C=O) groups excluding carboxylic acids is 1. The van der Waals surface area contributed by atoms with E-state index in [0.717, 1.165) is 6.07 Å². The van der Waals surface area contributed by atoms with Gasteiger partial charge in [0.1, 0.15) is 24.0 Å². The minimum absolute atomic E-state index is 0.0293. The van der Waals surface area contributed by atoms with Crippen molar-refractivity contribution >= 4 is 45.0 Å². The Morgan fingerprint density at radius 2 is 1.63 bits per heavy atom. The Morgan fingerprint density at radius 3 is 2.21 bits per heavy atom. The molecule has 0 aliphatic rings. The van der Waals surface area contributed by atoms with E-state index in [4.69, 9.17) is 14.2 Å².